The van der Waals surface area contributed by atoms with Crippen molar-refractivity contribution in [3.05, 3.63) is 81.5 Å². The van der Waals surface area contributed by atoms with Gasteiger partial charge in [0, 0.05) is 27.4 Å². The summed E-state index contributed by atoms with van der Waals surface area (Å²) in [6.45, 7) is 4.26. The minimum atomic E-state index is -0.235. The van der Waals surface area contributed by atoms with Crippen molar-refractivity contribution in [2.24, 2.45) is 29.6 Å². The molecule has 2 bridgehead atoms. The molecule has 2 amide bonds. The van der Waals surface area contributed by atoms with Crippen LogP contribution in [0.3, 0.4) is 0 Å². The normalized spacial score (nSPS) is 36.4. The van der Waals surface area contributed by atoms with Gasteiger partial charge in [0.25, 0.3) is 0 Å². The Morgan fingerprint density at radius 2 is 1.64 bits per heavy atom. The number of carbonyl (C=O) groups excluding carboxylic acids is 2. The smallest absolute Gasteiger partial charge is 0.238 e. The molecule has 33 heavy (non-hydrogen) atoms. The van der Waals surface area contributed by atoms with Crippen molar-refractivity contribution < 1.29 is 14.7 Å². The van der Waals surface area contributed by atoms with Crippen LogP contribution in [0.1, 0.15) is 24.3 Å². The van der Waals surface area contributed by atoms with Gasteiger partial charge in [0.05, 0.1) is 17.5 Å². The quantitative estimate of drug-likeness (QED) is 0.582. The molecule has 3 heterocycles. The Labute approximate surface area is 201 Å². The summed E-state index contributed by atoms with van der Waals surface area (Å²) in [5.74, 6) is 0.645. The number of benzene rings is 2. The Hall–Kier alpha value is -2.44. The molecule has 166 valence electrons. The van der Waals surface area contributed by atoms with Crippen LogP contribution in [0, 0.1) is 29.6 Å². The largest absolute Gasteiger partial charge is 0.508 e. The van der Waals surface area contributed by atoms with Crippen molar-refractivity contribution in [2.75, 3.05) is 4.90 Å². The summed E-state index contributed by atoms with van der Waals surface area (Å²) in [5.41, 5.74) is 1.89. The SMILES string of the molecule is C=C1CC2=C(S1)[C@H](c1ccccc1)[C@H]1[C@H]3C[C@@H]([C@H]1S2)[C@H]1C(=O)N(c2ccc(O)cc2)C(=O)[C@@H]31. The molecule has 1 N–H and O–H groups in total. The number of anilines is 1. The maximum absolute atomic E-state index is 13.7. The standard InChI is InChI=1S/C27H23NO3S2/c1-13-11-19-25(32-13)20(14-5-3-2-4-6-14)21-17-12-18(24(21)33-19)23-22(17)26(30)28(27(23)31)15-7-9-16(29)10-8-15/h2-10,17-18,20-24,29H,1,11-12H2/t17-,18-,20-,21-,22+,23-,24-/m1/s1. The summed E-state index contributed by atoms with van der Waals surface area (Å²) in [4.78, 5) is 32.7. The number of amides is 2. The first-order valence-corrected chi connectivity index (χ1v) is 13.2. The number of rotatable bonds is 2. The number of hydrogen-bond donors (Lipinski definition) is 1. The molecule has 0 spiro atoms. The molecule has 7 rings (SSSR count). The Balaban J connectivity index is 1.30. The molecule has 6 heteroatoms. The first-order chi connectivity index (χ1) is 16.0. The number of phenolic OH excluding ortho intramolecular Hbond substituents is 1. The van der Waals surface area contributed by atoms with Crippen molar-refractivity contribution in [1.82, 2.24) is 0 Å². The van der Waals surface area contributed by atoms with E-state index in [0.29, 0.717) is 16.9 Å². The third kappa shape index (κ3) is 2.68. The van der Waals surface area contributed by atoms with Crippen LogP contribution in [0.2, 0.25) is 0 Å². The highest BCUT2D eigenvalue weighted by atomic mass is 32.2. The predicted molar refractivity (Wildman–Crippen MR) is 132 cm³/mol. The lowest BCUT2D eigenvalue weighted by Crippen LogP contribution is -2.42. The van der Waals surface area contributed by atoms with Crippen LogP contribution in [0.25, 0.3) is 0 Å². The molecular formula is C27H23NO3S2. The summed E-state index contributed by atoms with van der Waals surface area (Å²) >= 11 is 3.80. The van der Waals surface area contributed by atoms with Crippen LogP contribution < -0.4 is 4.90 Å². The third-order valence-electron chi connectivity index (χ3n) is 8.26. The van der Waals surface area contributed by atoms with E-state index in [2.05, 4.69) is 36.9 Å². The fourth-order valence-electron chi connectivity index (χ4n) is 7.17. The van der Waals surface area contributed by atoms with E-state index >= 15 is 0 Å². The highest BCUT2D eigenvalue weighted by molar-refractivity contribution is 8.10. The highest BCUT2D eigenvalue weighted by Gasteiger charge is 2.69. The summed E-state index contributed by atoms with van der Waals surface area (Å²) in [5, 5.41) is 10.0. The number of thioether (sulfide) groups is 2. The van der Waals surface area contributed by atoms with E-state index < -0.39 is 0 Å². The van der Waals surface area contributed by atoms with E-state index in [1.807, 2.05) is 23.5 Å². The summed E-state index contributed by atoms with van der Waals surface area (Å²) in [7, 11) is 0. The van der Waals surface area contributed by atoms with Gasteiger partial charge in [0.15, 0.2) is 0 Å². The lowest BCUT2D eigenvalue weighted by Gasteiger charge is -2.44. The second-order valence-electron chi connectivity index (χ2n) is 9.80. The first kappa shape index (κ1) is 20.0. The van der Waals surface area contributed by atoms with Crippen LogP contribution in [0.15, 0.2) is 75.9 Å². The Morgan fingerprint density at radius 3 is 2.36 bits per heavy atom. The molecule has 3 fully saturated rings. The zero-order chi connectivity index (χ0) is 22.4. The molecular weight excluding hydrogens is 450 g/mol. The number of aromatic hydroxyl groups is 1. The van der Waals surface area contributed by atoms with Crippen molar-refractivity contribution in [3.63, 3.8) is 0 Å². The average Bonchev–Trinajstić information content (AvgIpc) is 3.54. The zero-order valence-corrected chi connectivity index (χ0v) is 19.5. The Bertz CT molecular complexity index is 1240. The number of nitrogens with zero attached hydrogens (tertiary/aromatic N) is 1. The second-order valence-corrected chi connectivity index (χ2v) is 12.3. The van der Waals surface area contributed by atoms with Gasteiger partial charge in [-0.25, -0.2) is 0 Å². The van der Waals surface area contributed by atoms with E-state index in [1.165, 1.54) is 37.3 Å². The molecule has 1 saturated heterocycles. The van der Waals surface area contributed by atoms with Gasteiger partial charge in [-0.2, -0.15) is 0 Å². The van der Waals surface area contributed by atoms with Crippen molar-refractivity contribution in [2.45, 2.75) is 24.0 Å². The molecule has 2 aromatic carbocycles. The van der Waals surface area contributed by atoms with Gasteiger partial charge in [-0.1, -0.05) is 48.7 Å². The van der Waals surface area contributed by atoms with Crippen molar-refractivity contribution in [1.29, 1.82) is 0 Å². The molecule has 5 aliphatic rings. The molecule has 0 aromatic heterocycles. The van der Waals surface area contributed by atoms with Crippen LogP contribution in [-0.4, -0.2) is 22.2 Å². The lowest BCUT2D eigenvalue weighted by molar-refractivity contribution is -0.123. The maximum atomic E-state index is 13.7. The van der Waals surface area contributed by atoms with E-state index in [1.54, 1.807) is 12.1 Å². The Kier molecular flexibility index (Phi) is 4.26. The molecule has 2 aliphatic carbocycles. The van der Waals surface area contributed by atoms with E-state index in [0.717, 1.165) is 12.8 Å². The van der Waals surface area contributed by atoms with Gasteiger partial charge in [-0.3, -0.25) is 14.5 Å². The first-order valence-electron chi connectivity index (χ1n) is 11.5. The third-order valence-corrected chi connectivity index (χ3v) is 11.1. The summed E-state index contributed by atoms with van der Waals surface area (Å²) in [6, 6.07) is 17.1. The molecule has 3 aliphatic heterocycles. The summed E-state index contributed by atoms with van der Waals surface area (Å²) < 4.78 is 0. The monoisotopic (exact) mass is 473 g/mol. The second kappa shape index (κ2) is 7.03. The van der Waals surface area contributed by atoms with Crippen molar-refractivity contribution >= 4 is 41.0 Å². The minimum Gasteiger partial charge on any atom is -0.508 e. The van der Waals surface area contributed by atoms with Crippen LogP contribution in [0.5, 0.6) is 5.75 Å². The van der Waals surface area contributed by atoms with Crippen LogP contribution in [0.4, 0.5) is 5.69 Å². The van der Waals surface area contributed by atoms with Gasteiger partial charge in [0.1, 0.15) is 5.75 Å². The fraction of sp³-hybridized carbons (Fsp3) is 0.333. The van der Waals surface area contributed by atoms with Crippen molar-refractivity contribution in [3.8, 4) is 5.75 Å². The number of fused-ring (bicyclic) bond motifs is 8. The molecule has 2 saturated carbocycles. The molecule has 7 atom stereocenters. The molecule has 4 nitrogen and oxygen atoms in total. The van der Waals surface area contributed by atoms with Crippen LogP contribution in [-0.2, 0) is 9.59 Å². The number of hydrogen-bond acceptors (Lipinski definition) is 5. The van der Waals surface area contributed by atoms with E-state index in [9.17, 15) is 14.7 Å². The predicted octanol–water partition coefficient (Wildman–Crippen LogP) is 5.53. The lowest BCUT2D eigenvalue weighted by atomic mass is 9.68. The topological polar surface area (TPSA) is 57.6 Å². The molecule has 0 unspecified atom stereocenters. The minimum absolute atomic E-state index is 0.0523. The Morgan fingerprint density at radius 1 is 0.939 bits per heavy atom. The fourth-order valence-corrected chi connectivity index (χ4v) is 10.5. The van der Waals surface area contributed by atoms with Gasteiger partial charge >= 0.3 is 0 Å². The van der Waals surface area contributed by atoms with Gasteiger partial charge in [-0.15, -0.1) is 11.8 Å². The number of allylic oxidation sites excluding steroid dienone is 3. The average molecular weight is 474 g/mol. The van der Waals surface area contributed by atoms with Gasteiger partial charge < -0.3 is 5.11 Å². The number of imide groups is 1. The van der Waals surface area contributed by atoms with Crippen LogP contribution >= 0.6 is 23.5 Å². The molecule has 2 aromatic rings. The zero-order valence-electron chi connectivity index (χ0n) is 17.9. The van der Waals surface area contributed by atoms with E-state index in [4.69, 9.17) is 0 Å². The maximum Gasteiger partial charge on any atom is 0.238 e. The summed E-state index contributed by atoms with van der Waals surface area (Å²) in [6.07, 6.45) is 1.89. The highest BCUT2D eigenvalue weighted by Crippen LogP contribution is 2.71. The van der Waals surface area contributed by atoms with E-state index in [-0.39, 0.29) is 47.2 Å². The van der Waals surface area contributed by atoms with Gasteiger partial charge in [0.2, 0.25) is 11.8 Å². The van der Waals surface area contributed by atoms with Gasteiger partial charge in [-0.05, 0) is 58.9 Å². The molecule has 0 radical (unpaired) electrons. The number of phenols is 1. The number of carbonyl (C=O) groups is 2.